The van der Waals surface area contributed by atoms with Crippen LogP contribution in [0.4, 0.5) is 10.6 Å². The summed E-state index contributed by atoms with van der Waals surface area (Å²) in [5, 5.41) is 4.53. The Labute approximate surface area is 250 Å². The summed E-state index contributed by atoms with van der Waals surface area (Å²) in [6, 6.07) is 4.31. The lowest BCUT2D eigenvalue weighted by molar-refractivity contribution is 0.0205. The Morgan fingerprint density at radius 1 is 1.15 bits per heavy atom. The molecule has 0 bridgehead atoms. The van der Waals surface area contributed by atoms with Crippen molar-refractivity contribution >= 4 is 33.9 Å². The number of likely N-dealkylation sites (tertiary alicyclic amines) is 1. The van der Waals surface area contributed by atoms with Gasteiger partial charge in [0.2, 0.25) is 0 Å². The largest absolute Gasteiger partial charge is 0.444 e. The van der Waals surface area contributed by atoms with E-state index in [4.69, 9.17) is 14.7 Å². The number of carbonyl (C=O) groups excluding carboxylic acids is 1. The molecule has 2 aliphatic heterocycles. The number of nitrogens with zero attached hydrogens (tertiary/aromatic N) is 4. The predicted molar refractivity (Wildman–Crippen MR) is 165 cm³/mol. The number of nitrogens with one attached hydrogen (secondary N) is 1. The minimum atomic E-state index is -0.485. The fourth-order valence-electron chi connectivity index (χ4n) is 6.14. The number of allylic oxidation sites excluding steroid dienone is 1. The van der Waals surface area contributed by atoms with Crippen LogP contribution in [0.5, 0.6) is 0 Å². The van der Waals surface area contributed by atoms with E-state index in [0.29, 0.717) is 23.5 Å². The average molecular weight is 625 g/mol. The normalized spacial score (nSPS) is 18.4. The molecule has 0 atom stereocenters. The zero-order valence-electron chi connectivity index (χ0n) is 24.9. The van der Waals surface area contributed by atoms with Crippen molar-refractivity contribution < 1.29 is 9.53 Å². The van der Waals surface area contributed by atoms with Crippen LogP contribution in [0.2, 0.25) is 0 Å². The summed E-state index contributed by atoms with van der Waals surface area (Å²) in [7, 11) is 0. The van der Waals surface area contributed by atoms with Crippen molar-refractivity contribution in [2.75, 3.05) is 18.4 Å². The zero-order valence-corrected chi connectivity index (χ0v) is 26.5. The molecule has 9 heteroatoms. The quantitative estimate of drug-likeness (QED) is 0.436. The highest BCUT2D eigenvalue weighted by Gasteiger charge is 2.28. The third kappa shape index (κ3) is 6.45. The summed E-state index contributed by atoms with van der Waals surface area (Å²) in [5.41, 5.74) is 3.58. The lowest BCUT2D eigenvalue weighted by atomic mass is 9.90. The Kier molecular flexibility index (Phi) is 8.73. The zero-order chi connectivity index (χ0) is 29.3. The molecule has 2 aromatic rings. The molecule has 0 aromatic carbocycles. The van der Waals surface area contributed by atoms with Gasteiger partial charge in [0, 0.05) is 30.5 Å². The number of amides is 1. The van der Waals surface area contributed by atoms with Gasteiger partial charge in [0.15, 0.2) is 0 Å². The Morgan fingerprint density at radius 2 is 1.85 bits per heavy atom. The van der Waals surface area contributed by atoms with Crippen molar-refractivity contribution in [3.63, 3.8) is 0 Å². The van der Waals surface area contributed by atoms with Gasteiger partial charge in [0.05, 0.1) is 4.47 Å². The van der Waals surface area contributed by atoms with Crippen LogP contribution in [0.1, 0.15) is 102 Å². The number of halogens is 1. The second-order valence-corrected chi connectivity index (χ2v) is 13.3. The van der Waals surface area contributed by atoms with Crippen LogP contribution in [-0.4, -0.2) is 39.2 Å². The monoisotopic (exact) mass is 623 g/mol. The van der Waals surface area contributed by atoms with Crippen molar-refractivity contribution in [1.82, 2.24) is 14.5 Å². The van der Waals surface area contributed by atoms with E-state index in [9.17, 15) is 9.59 Å². The molecule has 2 aromatic heterocycles. The molecule has 41 heavy (non-hydrogen) atoms. The van der Waals surface area contributed by atoms with Crippen LogP contribution in [0.3, 0.4) is 0 Å². The van der Waals surface area contributed by atoms with Crippen molar-refractivity contribution in [2.24, 2.45) is 4.99 Å². The summed E-state index contributed by atoms with van der Waals surface area (Å²) in [6.07, 6.45) is 11.6. The van der Waals surface area contributed by atoms with Crippen LogP contribution in [0.25, 0.3) is 6.08 Å². The molecule has 1 saturated carbocycles. The minimum absolute atomic E-state index is 0.00444. The first-order valence-electron chi connectivity index (χ1n) is 15.0. The first-order valence-corrected chi connectivity index (χ1v) is 15.8. The van der Waals surface area contributed by atoms with Crippen LogP contribution in [-0.2, 0) is 4.74 Å². The Hall–Kier alpha value is -2.94. The fraction of sp³-hybridized carbons (Fsp3) is 0.562. The second-order valence-electron chi connectivity index (χ2n) is 12.5. The van der Waals surface area contributed by atoms with Crippen molar-refractivity contribution in [1.29, 1.82) is 0 Å². The van der Waals surface area contributed by atoms with Gasteiger partial charge >= 0.3 is 6.09 Å². The Balaban J connectivity index is 1.37. The number of fused-ring (bicyclic) bond motifs is 1. The number of aromatic nitrogens is 2. The molecular formula is C32H42BrN5O3. The highest BCUT2D eigenvalue weighted by atomic mass is 79.9. The van der Waals surface area contributed by atoms with Crippen LogP contribution >= 0.6 is 15.9 Å². The van der Waals surface area contributed by atoms with Gasteiger partial charge in [-0.15, -0.1) is 0 Å². The SMILES string of the molecule is CCC1=C(Nc2ccc(C3CCN(C(=O)OC(C)(C)C)CC3)cn2)N=c2c(c(C)c(Br)c(=O)n2C2CCCC2)=CC1. The number of carbonyl (C=O) groups is 1. The second kappa shape index (κ2) is 12.1. The molecule has 1 amide bonds. The first-order chi connectivity index (χ1) is 19.6. The molecular weight excluding hydrogens is 582 g/mol. The highest BCUT2D eigenvalue weighted by Crippen LogP contribution is 2.30. The maximum Gasteiger partial charge on any atom is 0.410 e. The summed E-state index contributed by atoms with van der Waals surface area (Å²) in [6.45, 7) is 11.2. The van der Waals surface area contributed by atoms with Gasteiger partial charge in [-0.05, 0) is 111 Å². The number of anilines is 1. The molecule has 8 nitrogen and oxygen atoms in total. The molecule has 0 unspecified atom stereocenters. The fourth-order valence-corrected chi connectivity index (χ4v) is 6.54. The summed E-state index contributed by atoms with van der Waals surface area (Å²) in [4.78, 5) is 37.6. The predicted octanol–water partition coefficient (Wildman–Crippen LogP) is 6.08. The molecule has 1 N–H and O–H groups in total. The minimum Gasteiger partial charge on any atom is -0.444 e. The number of rotatable bonds is 5. The van der Waals surface area contributed by atoms with Crippen molar-refractivity contribution in [2.45, 2.75) is 104 Å². The van der Waals surface area contributed by atoms with Gasteiger partial charge < -0.3 is 15.0 Å². The van der Waals surface area contributed by atoms with Crippen LogP contribution < -0.4 is 21.6 Å². The molecule has 1 aliphatic carbocycles. The lowest BCUT2D eigenvalue weighted by Gasteiger charge is -2.33. The molecule has 5 rings (SSSR count). The van der Waals surface area contributed by atoms with E-state index in [1.54, 1.807) is 4.90 Å². The van der Waals surface area contributed by atoms with Gasteiger partial charge in [-0.3, -0.25) is 9.36 Å². The number of hydrogen-bond donors (Lipinski definition) is 1. The third-order valence-corrected chi connectivity index (χ3v) is 9.42. The van der Waals surface area contributed by atoms with E-state index in [1.807, 2.05) is 44.5 Å². The number of piperidine rings is 1. The van der Waals surface area contributed by atoms with E-state index in [-0.39, 0.29) is 17.7 Å². The molecule has 3 aliphatic rings. The number of hydrogen-bond acceptors (Lipinski definition) is 6. The van der Waals surface area contributed by atoms with E-state index in [1.165, 1.54) is 11.1 Å². The summed E-state index contributed by atoms with van der Waals surface area (Å²) < 4.78 is 8.10. The van der Waals surface area contributed by atoms with Crippen molar-refractivity contribution in [3.05, 3.63) is 66.4 Å². The number of pyridine rings is 2. The molecule has 220 valence electrons. The van der Waals surface area contributed by atoms with Gasteiger partial charge in [-0.2, -0.15) is 0 Å². The van der Waals surface area contributed by atoms with E-state index >= 15 is 0 Å². The molecule has 2 fully saturated rings. The highest BCUT2D eigenvalue weighted by molar-refractivity contribution is 9.10. The van der Waals surface area contributed by atoms with Crippen molar-refractivity contribution in [3.8, 4) is 0 Å². The van der Waals surface area contributed by atoms with Gasteiger partial charge in [0.1, 0.15) is 22.7 Å². The van der Waals surface area contributed by atoms with E-state index < -0.39 is 5.60 Å². The smallest absolute Gasteiger partial charge is 0.410 e. The molecule has 4 heterocycles. The summed E-state index contributed by atoms with van der Waals surface area (Å²) >= 11 is 3.58. The lowest BCUT2D eigenvalue weighted by Crippen LogP contribution is -2.47. The molecule has 1 saturated heterocycles. The number of ether oxygens (including phenoxy) is 1. The average Bonchev–Trinajstić information content (AvgIpc) is 3.41. The maximum atomic E-state index is 13.4. The standard InChI is InChI=1S/C32H42BrN5O3/c1-6-21-11-13-25-20(2)27(33)30(39)38(24-9-7-8-10-24)29(25)36-28(21)35-26-14-12-23(19-34-26)22-15-17-37(18-16-22)31(40)41-32(3,4)5/h12-14,19,22,24H,6-11,15-18H2,1-5H3,(H,34,35). The molecule has 0 spiro atoms. The Bertz CT molecular complexity index is 1510. The summed E-state index contributed by atoms with van der Waals surface area (Å²) in [5.74, 6) is 1.87. The van der Waals surface area contributed by atoms with Crippen LogP contribution in [0, 0.1) is 6.92 Å². The van der Waals surface area contributed by atoms with Gasteiger partial charge in [-0.1, -0.05) is 31.9 Å². The van der Waals surface area contributed by atoms with Gasteiger partial charge in [-0.25, -0.2) is 14.8 Å². The Morgan fingerprint density at radius 3 is 2.46 bits per heavy atom. The third-order valence-electron chi connectivity index (χ3n) is 8.48. The topological polar surface area (TPSA) is 88.8 Å². The van der Waals surface area contributed by atoms with E-state index in [0.717, 1.165) is 79.3 Å². The van der Waals surface area contributed by atoms with Gasteiger partial charge in [0.25, 0.3) is 5.56 Å². The van der Waals surface area contributed by atoms with Crippen LogP contribution in [0.15, 0.2) is 44.0 Å². The first kappa shape index (κ1) is 29.5. The maximum absolute atomic E-state index is 13.4. The molecule has 0 radical (unpaired) electrons. The van der Waals surface area contributed by atoms with E-state index in [2.05, 4.69) is 40.3 Å².